The van der Waals surface area contributed by atoms with E-state index < -0.39 is 0 Å². The van der Waals surface area contributed by atoms with Gasteiger partial charge in [-0.05, 0) is 44.0 Å². The molecule has 1 aliphatic heterocycles. The molecule has 3 aromatic rings. The summed E-state index contributed by atoms with van der Waals surface area (Å²) >= 11 is 1.63. The molecule has 1 aromatic heterocycles. The molecule has 0 aliphatic carbocycles. The smallest absolute Gasteiger partial charge is 0.238 e. The number of fused-ring (bicyclic) bond motifs is 1. The number of ether oxygens (including phenoxy) is 1. The molecule has 2 N–H and O–H groups in total. The fraction of sp³-hybridized carbons (Fsp3) is 0.273. The largest absolute Gasteiger partial charge is 0.489 e. The number of benzene rings is 2. The Morgan fingerprint density at radius 1 is 1.14 bits per heavy atom. The lowest BCUT2D eigenvalue weighted by atomic mass is 10.0. The first kappa shape index (κ1) is 18.6. The van der Waals surface area contributed by atoms with Crippen LogP contribution in [0.5, 0.6) is 5.75 Å². The molecule has 1 aliphatic rings. The number of rotatable bonds is 4. The van der Waals surface area contributed by atoms with Crippen LogP contribution in [0.3, 0.4) is 0 Å². The van der Waals surface area contributed by atoms with Gasteiger partial charge in [0.1, 0.15) is 12.4 Å². The Bertz CT molecular complexity index is 997. The number of nitrogens with zero attached hydrogens (tertiary/aromatic N) is 1. The number of hydrogen-bond donors (Lipinski definition) is 2. The summed E-state index contributed by atoms with van der Waals surface area (Å²) in [6.45, 7) is 6.53. The predicted octanol–water partition coefficient (Wildman–Crippen LogP) is 4.77. The molecule has 144 valence electrons. The van der Waals surface area contributed by atoms with Crippen LogP contribution in [0.4, 0.5) is 5.82 Å². The third-order valence-corrected chi connectivity index (χ3v) is 6.28. The molecule has 28 heavy (non-hydrogen) atoms. The Labute approximate surface area is 168 Å². The summed E-state index contributed by atoms with van der Waals surface area (Å²) < 4.78 is 5.94. The number of nitrogens with one attached hydrogen (secondary N) is 2. The van der Waals surface area contributed by atoms with E-state index in [2.05, 4.69) is 52.8 Å². The molecule has 6 heteroatoms. The van der Waals surface area contributed by atoms with Crippen LogP contribution in [-0.2, 0) is 11.4 Å². The zero-order chi connectivity index (χ0) is 19.7. The lowest BCUT2D eigenvalue weighted by molar-refractivity contribution is -0.115. The molecule has 0 spiro atoms. The van der Waals surface area contributed by atoms with Gasteiger partial charge in [0.15, 0.2) is 5.82 Å². The highest BCUT2D eigenvalue weighted by Gasteiger charge is 2.32. The molecule has 0 saturated carbocycles. The second-order valence-electron chi connectivity index (χ2n) is 7.11. The maximum Gasteiger partial charge on any atom is 0.238 e. The summed E-state index contributed by atoms with van der Waals surface area (Å²) in [7, 11) is 0. The van der Waals surface area contributed by atoms with Crippen LogP contribution in [0.15, 0.2) is 48.5 Å². The zero-order valence-electron chi connectivity index (χ0n) is 16.2. The van der Waals surface area contributed by atoms with Crippen molar-refractivity contribution in [3.05, 3.63) is 76.5 Å². The number of hydrogen-bond acceptors (Lipinski definition) is 4. The van der Waals surface area contributed by atoms with E-state index in [4.69, 9.17) is 4.74 Å². The zero-order valence-corrected chi connectivity index (χ0v) is 17.0. The van der Waals surface area contributed by atoms with Crippen LogP contribution in [0.2, 0.25) is 0 Å². The molecule has 0 fully saturated rings. The third-order valence-electron chi connectivity index (χ3n) is 4.88. The standard InChI is InChI=1S/C22H23N3O2S/c1-13-5-4-6-16(11-13)12-27-18-9-7-17(8-10-18)20-19-14(2)24-25-21(19)23-22(26)15(3)28-20/h4-11,15,20H,12H2,1-3H3,(H2,23,24,25,26)/t15-,20-/m1/s1. The van der Waals surface area contributed by atoms with Crippen molar-refractivity contribution in [3.63, 3.8) is 0 Å². The van der Waals surface area contributed by atoms with E-state index in [9.17, 15) is 4.79 Å². The van der Waals surface area contributed by atoms with E-state index in [0.29, 0.717) is 12.4 Å². The van der Waals surface area contributed by atoms with Gasteiger partial charge in [-0.25, -0.2) is 0 Å². The van der Waals surface area contributed by atoms with E-state index in [-0.39, 0.29) is 16.4 Å². The summed E-state index contributed by atoms with van der Waals surface area (Å²) in [6.07, 6.45) is 0. The third kappa shape index (κ3) is 3.78. The molecule has 0 radical (unpaired) electrons. The van der Waals surface area contributed by atoms with Crippen LogP contribution in [0.1, 0.15) is 40.1 Å². The normalized spacial score (nSPS) is 18.9. The number of aromatic amines is 1. The molecule has 1 amide bonds. The van der Waals surface area contributed by atoms with Crippen LogP contribution in [0.25, 0.3) is 0 Å². The van der Waals surface area contributed by atoms with Gasteiger partial charge in [0.05, 0.1) is 10.5 Å². The Hall–Kier alpha value is -2.73. The molecule has 2 atom stereocenters. The molecular weight excluding hydrogens is 370 g/mol. The van der Waals surface area contributed by atoms with Gasteiger partial charge < -0.3 is 10.1 Å². The molecule has 0 bridgehead atoms. The Morgan fingerprint density at radius 2 is 1.93 bits per heavy atom. The average Bonchev–Trinajstić information content (AvgIpc) is 2.98. The Morgan fingerprint density at radius 3 is 2.68 bits per heavy atom. The maximum absolute atomic E-state index is 12.3. The number of H-pyrrole nitrogens is 1. The average molecular weight is 394 g/mol. The minimum Gasteiger partial charge on any atom is -0.489 e. The van der Waals surface area contributed by atoms with Crippen molar-refractivity contribution in [1.29, 1.82) is 0 Å². The maximum atomic E-state index is 12.3. The Balaban J connectivity index is 1.54. The number of thioether (sulfide) groups is 1. The number of aromatic nitrogens is 2. The first-order valence-electron chi connectivity index (χ1n) is 9.31. The summed E-state index contributed by atoms with van der Waals surface area (Å²) in [5.41, 5.74) is 5.52. The van der Waals surface area contributed by atoms with Crippen molar-refractivity contribution >= 4 is 23.5 Å². The fourth-order valence-electron chi connectivity index (χ4n) is 3.36. The van der Waals surface area contributed by atoms with Gasteiger partial charge in [-0.3, -0.25) is 9.89 Å². The van der Waals surface area contributed by atoms with Gasteiger partial charge in [-0.2, -0.15) is 5.10 Å². The van der Waals surface area contributed by atoms with Gasteiger partial charge >= 0.3 is 0 Å². The molecular formula is C22H23N3O2S. The van der Waals surface area contributed by atoms with Gasteiger partial charge in [0.2, 0.25) is 5.91 Å². The Kier molecular flexibility index (Phi) is 5.13. The molecule has 2 heterocycles. The fourth-order valence-corrected chi connectivity index (χ4v) is 4.69. The SMILES string of the molecule is Cc1cccc(COc2ccc([C@H]3S[C@H](C)C(=O)Nc4n[nH]c(C)c43)cc2)c1. The van der Waals surface area contributed by atoms with E-state index >= 15 is 0 Å². The van der Waals surface area contributed by atoms with Gasteiger partial charge in [-0.1, -0.05) is 42.0 Å². The highest BCUT2D eigenvalue weighted by molar-refractivity contribution is 8.01. The second-order valence-corrected chi connectivity index (χ2v) is 8.56. The van der Waals surface area contributed by atoms with Crippen molar-refractivity contribution in [2.24, 2.45) is 0 Å². The quantitative estimate of drug-likeness (QED) is 0.670. The number of amides is 1. The molecule has 0 saturated heterocycles. The van der Waals surface area contributed by atoms with Crippen molar-refractivity contribution in [1.82, 2.24) is 10.2 Å². The summed E-state index contributed by atoms with van der Waals surface area (Å²) in [4.78, 5) is 12.3. The monoisotopic (exact) mass is 393 g/mol. The van der Waals surface area contributed by atoms with E-state index in [1.165, 1.54) is 5.56 Å². The first-order chi connectivity index (χ1) is 13.5. The molecule has 5 nitrogen and oxygen atoms in total. The predicted molar refractivity (Wildman–Crippen MR) is 113 cm³/mol. The van der Waals surface area contributed by atoms with E-state index in [0.717, 1.165) is 28.1 Å². The minimum atomic E-state index is -0.157. The number of carbonyl (C=O) groups is 1. The van der Waals surface area contributed by atoms with Crippen LogP contribution >= 0.6 is 11.8 Å². The minimum absolute atomic E-state index is 0.0154. The highest BCUT2D eigenvalue weighted by Crippen LogP contribution is 2.44. The lowest BCUT2D eigenvalue weighted by Crippen LogP contribution is -2.21. The van der Waals surface area contributed by atoms with Crippen LogP contribution < -0.4 is 10.1 Å². The first-order valence-corrected chi connectivity index (χ1v) is 10.2. The van der Waals surface area contributed by atoms with Crippen molar-refractivity contribution in [2.45, 2.75) is 37.9 Å². The van der Waals surface area contributed by atoms with E-state index in [1.807, 2.05) is 32.0 Å². The molecule has 4 rings (SSSR count). The van der Waals surface area contributed by atoms with Crippen molar-refractivity contribution in [2.75, 3.05) is 5.32 Å². The summed E-state index contributed by atoms with van der Waals surface area (Å²) in [5.74, 6) is 1.44. The number of carbonyl (C=O) groups excluding carboxylic acids is 1. The van der Waals surface area contributed by atoms with Crippen molar-refractivity contribution in [3.8, 4) is 5.75 Å². The summed E-state index contributed by atoms with van der Waals surface area (Å²) in [5, 5.41) is 10.1. The molecule has 2 aromatic carbocycles. The van der Waals surface area contributed by atoms with Crippen LogP contribution in [-0.4, -0.2) is 21.4 Å². The van der Waals surface area contributed by atoms with Gasteiger partial charge in [0.25, 0.3) is 0 Å². The summed E-state index contributed by atoms with van der Waals surface area (Å²) in [6, 6.07) is 16.4. The molecule has 0 unspecified atom stereocenters. The topological polar surface area (TPSA) is 67.0 Å². The van der Waals surface area contributed by atoms with Gasteiger partial charge in [0, 0.05) is 11.3 Å². The second kappa shape index (κ2) is 7.72. The highest BCUT2D eigenvalue weighted by atomic mass is 32.2. The number of aryl methyl sites for hydroxylation is 2. The lowest BCUT2D eigenvalue weighted by Gasteiger charge is -2.18. The number of anilines is 1. The van der Waals surface area contributed by atoms with E-state index in [1.54, 1.807) is 11.8 Å². The van der Waals surface area contributed by atoms with Crippen LogP contribution in [0, 0.1) is 13.8 Å². The van der Waals surface area contributed by atoms with Crippen molar-refractivity contribution < 1.29 is 9.53 Å². The van der Waals surface area contributed by atoms with Gasteiger partial charge in [-0.15, -0.1) is 11.8 Å².